The Morgan fingerprint density at radius 3 is 2.10 bits per heavy atom. The molecule has 0 saturated carbocycles. The summed E-state index contributed by atoms with van der Waals surface area (Å²) in [5.74, 6) is -1.78. The molecular formula is C24H17NO4. The fourth-order valence-electron chi connectivity index (χ4n) is 3.33. The molecular weight excluding hydrogens is 366 g/mol. The number of ether oxygens (including phenoxy) is 1. The first-order valence-corrected chi connectivity index (χ1v) is 9.03. The van der Waals surface area contributed by atoms with Gasteiger partial charge < -0.3 is 9.84 Å². The van der Waals surface area contributed by atoms with E-state index in [9.17, 15) is 14.7 Å². The third-order valence-electron chi connectivity index (χ3n) is 4.60. The van der Waals surface area contributed by atoms with E-state index in [2.05, 4.69) is 23.2 Å². The third kappa shape index (κ3) is 3.71. The Balaban J connectivity index is 1.84. The van der Waals surface area contributed by atoms with Gasteiger partial charge in [0.15, 0.2) is 0 Å². The van der Waals surface area contributed by atoms with Crippen molar-refractivity contribution in [1.82, 2.24) is 0 Å². The molecule has 0 bridgehead atoms. The highest BCUT2D eigenvalue weighted by Crippen LogP contribution is 2.29. The zero-order valence-corrected chi connectivity index (χ0v) is 15.6. The van der Waals surface area contributed by atoms with E-state index >= 15 is 0 Å². The zero-order chi connectivity index (χ0) is 20.4. The molecule has 0 aromatic heterocycles. The molecule has 0 unspecified atom stereocenters. The van der Waals surface area contributed by atoms with Crippen molar-refractivity contribution in [3.8, 4) is 5.75 Å². The van der Waals surface area contributed by atoms with Crippen LogP contribution in [-0.2, 0) is 4.79 Å². The van der Waals surface area contributed by atoms with Crippen LogP contribution in [-0.4, -0.2) is 23.3 Å². The number of carboxylic acid groups (broad SMARTS) is 1. The van der Waals surface area contributed by atoms with Crippen LogP contribution in [0.5, 0.6) is 5.75 Å². The number of fused-ring (bicyclic) bond motifs is 2. The molecule has 1 N–H and O–H groups in total. The summed E-state index contributed by atoms with van der Waals surface area (Å²) in [5.41, 5.74) is 1.37. The van der Waals surface area contributed by atoms with Gasteiger partial charge in [0.2, 0.25) is 0 Å². The molecule has 0 amide bonds. The van der Waals surface area contributed by atoms with Gasteiger partial charge in [0.05, 0.1) is 5.69 Å². The Morgan fingerprint density at radius 1 is 0.897 bits per heavy atom. The number of esters is 1. The van der Waals surface area contributed by atoms with E-state index in [0.29, 0.717) is 5.69 Å². The van der Waals surface area contributed by atoms with Gasteiger partial charge in [-0.3, -0.25) is 9.79 Å². The summed E-state index contributed by atoms with van der Waals surface area (Å²) in [4.78, 5) is 27.2. The van der Waals surface area contributed by atoms with Crippen molar-refractivity contribution in [2.75, 3.05) is 0 Å². The molecule has 142 valence electrons. The molecule has 0 aliphatic heterocycles. The van der Waals surface area contributed by atoms with E-state index in [-0.39, 0.29) is 11.3 Å². The second-order valence-electron chi connectivity index (χ2n) is 6.57. The number of hydrogen-bond donors (Lipinski definition) is 1. The fraction of sp³-hybridized carbons (Fsp3) is 0.0417. The number of carbonyl (C=O) groups is 2. The molecule has 29 heavy (non-hydrogen) atoms. The summed E-state index contributed by atoms with van der Waals surface area (Å²) >= 11 is 0. The first-order chi connectivity index (χ1) is 14.0. The van der Waals surface area contributed by atoms with Gasteiger partial charge in [0, 0.05) is 24.8 Å². The number of benzene rings is 4. The van der Waals surface area contributed by atoms with Gasteiger partial charge in [-0.1, -0.05) is 48.5 Å². The SMILES string of the molecule is CC(=O)Oc1cc(N=Cc2c3ccccc3cc3ccccc23)ccc1C(=O)O. The van der Waals surface area contributed by atoms with E-state index in [1.54, 1.807) is 12.3 Å². The van der Waals surface area contributed by atoms with Crippen LogP contribution in [0.25, 0.3) is 21.5 Å². The van der Waals surface area contributed by atoms with E-state index in [1.807, 2.05) is 36.4 Å². The number of rotatable bonds is 4. The standard InChI is InChI=1S/C24H17NO4/c1-15(26)29-23-13-18(10-11-21(23)24(27)28)25-14-22-19-8-4-2-6-16(19)12-17-7-3-5-9-20(17)22/h2-14H,1H3,(H,27,28). The second-order valence-corrected chi connectivity index (χ2v) is 6.57. The van der Waals surface area contributed by atoms with Crippen LogP contribution >= 0.6 is 0 Å². The molecule has 4 aromatic carbocycles. The molecule has 5 heteroatoms. The molecule has 4 rings (SSSR count). The Hall–Kier alpha value is -3.99. The Labute approximate surface area is 166 Å². The zero-order valence-electron chi connectivity index (χ0n) is 15.6. The number of aromatic carboxylic acids is 1. The lowest BCUT2D eigenvalue weighted by molar-refractivity contribution is -0.131. The van der Waals surface area contributed by atoms with Crippen LogP contribution in [0.4, 0.5) is 5.69 Å². The highest BCUT2D eigenvalue weighted by atomic mass is 16.5. The van der Waals surface area contributed by atoms with E-state index in [0.717, 1.165) is 27.1 Å². The monoisotopic (exact) mass is 383 g/mol. The van der Waals surface area contributed by atoms with E-state index < -0.39 is 11.9 Å². The Bertz CT molecular complexity index is 1240. The lowest BCUT2D eigenvalue weighted by Crippen LogP contribution is -2.07. The topological polar surface area (TPSA) is 76.0 Å². The average molecular weight is 383 g/mol. The highest BCUT2D eigenvalue weighted by molar-refractivity contribution is 6.13. The largest absolute Gasteiger partial charge is 0.478 e. The summed E-state index contributed by atoms with van der Waals surface area (Å²) in [7, 11) is 0. The lowest BCUT2D eigenvalue weighted by Gasteiger charge is -2.09. The van der Waals surface area contributed by atoms with Crippen molar-refractivity contribution < 1.29 is 19.4 Å². The second kappa shape index (κ2) is 7.56. The maximum absolute atomic E-state index is 11.4. The molecule has 5 nitrogen and oxygen atoms in total. The predicted molar refractivity (Wildman–Crippen MR) is 113 cm³/mol. The van der Waals surface area contributed by atoms with Crippen molar-refractivity contribution in [2.24, 2.45) is 4.99 Å². The van der Waals surface area contributed by atoms with Gasteiger partial charge >= 0.3 is 11.9 Å². The average Bonchev–Trinajstić information content (AvgIpc) is 2.70. The van der Waals surface area contributed by atoms with Gasteiger partial charge in [0.1, 0.15) is 11.3 Å². The predicted octanol–water partition coefficient (Wildman–Crippen LogP) is 5.37. The van der Waals surface area contributed by atoms with Crippen LogP contribution in [0, 0.1) is 0 Å². The van der Waals surface area contributed by atoms with Crippen LogP contribution in [0.15, 0.2) is 77.8 Å². The van der Waals surface area contributed by atoms with Crippen molar-refractivity contribution in [3.05, 3.63) is 83.9 Å². The van der Waals surface area contributed by atoms with Crippen LogP contribution in [0.3, 0.4) is 0 Å². The maximum atomic E-state index is 11.4. The normalized spacial score (nSPS) is 11.2. The minimum absolute atomic E-state index is 0.0255. The first-order valence-electron chi connectivity index (χ1n) is 9.03. The van der Waals surface area contributed by atoms with Crippen LogP contribution < -0.4 is 4.74 Å². The minimum atomic E-state index is -1.17. The van der Waals surface area contributed by atoms with E-state index in [4.69, 9.17) is 4.74 Å². The van der Waals surface area contributed by atoms with Gasteiger partial charge in [-0.05, 0) is 39.7 Å². The highest BCUT2D eigenvalue weighted by Gasteiger charge is 2.14. The molecule has 0 saturated heterocycles. The molecule has 0 heterocycles. The number of hydrogen-bond acceptors (Lipinski definition) is 4. The lowest BCUT2D eigenvalue weighted by atomic mass is 9.97. The number of aliphatic imine (C=N–C) groups is 1. The van der Waals surface area contributed by atoms with Crippen molar-refractivity contribution in [3.63, 3.8) is 0 Å². The van der Waals surface area contributed by atoms with Crippen molar-refractivity contribution >= 4 is 45.4 Å². The third-order valence-corrected chi connectivity index (χ3v) is 4.60. The fourth-order valence-corrected chi connectivity index (χ4v) is 3.33. The van der Waals surface area contributed by atoms with Crippen molar-refractivity contribution in [1.29, 1.82) is 0 Å². The molecule has 0 fully saturated rings. The summed E-state index contributed by atoms with van der Waals surface area (Å²) in [6.07, 6.45) is 1.76. The maximum Gasteiger partial charge on any atom is 0.339 e. The van der Waals surface area contributed by atoms with Crippen LogP contribution in [0.2, 0.25) is 0 Å². The minimum Gasteiger partial charge on any atom is -0.478 e. The summed E-state index contributed by atoms with van der Waals surface area (Å²) < 4.78 is 5.05. The molecule has 0 aliphatic carbocycles. The first kappa shape index (κ1) is 18.4. The quantitative estimate of drug-likeness (QED) is 0.223. The van der Waals surface area contributed by atoms with Gasteiger partial charge in [0.25, 0.3) is 0 Å². The summed E-state index contributed by atoms with van der Waals surface area (Å²) in [6, 6.07) is 22.7. The van der Waals surface area contributed by atoms with E-state index in [1.165, 1.54) is 19.1 Å². The van der Waals surface area contributed by atoms with Crippen molar-refractivity contribution in [2.45, 2.75) is 6.92 Å². The number of carboxylic acids is 1. The van der Waals surface area contributed by atoms with Gasteiger partial charge in [-0.15, -0.1) is 0 Å². The molecule has 0 spiro atoms. The molecule has 0 radical (unpaired) electrons. The molecule has 0 aliphatic rings. The van der Waals surface area contributed by atoms with Gasteiger partial charge in [-0.2, -0.15) is 0 Å². The number of carbonyl (C=O) groups excluding carboxylic acids is 1. The number of nitrogens with zero attached hydrogens (tertiary/aromatic N) is 1. The smallest absolute Gasteiger partial charge is 0.339 e. The molecule has 0 atom stereocenters. The van der Waals surface area contributed by atoms with Crippen LogP contribution in [0.1, 0.15) is 22.8 Å². The summed E-state index contributed by atoms with van der Waals surface area (Å²) in [5, 5.41) is 13.6. The molecule has 4 aromatic rings. The van der Waals surface area contributed by atoms with Gasteiger partial charge in [-0.25, -0.2) is 4.79 Å². The Kier molecular flexibility index (Phi) is 4.79. The Morgan fingerprint density at radius 2 is 1.52 bits per heavy atom. The summed E-state index contributed by atoms with van der Waals surface area (Å²) in [6.45, 7) is 1.23.